The lowest BCUT2D eigenvalue weighted by Gasteiger charge is -2.30. The molecule has 0 radical (unpaired) electrons. The largest absolute Gasteiger partial charge is 0.349 e. The third kappa shape index (κ3) is 3.31. The number of amides is 1. The van der Waals surface area contributed by atoms with Gasteiger partial charge in [-0.1, -0.05) is 18.2 Å². The third-order valence-electron chi connectivity index (χ3n) is 3.25. The summed E-state index contributed by atoms with van der Waals surface area (Å²) in [6, 6.07) is 11.7. The summed E-state index contributed by atoms with van der Waals surface area (Å²) in [6.07, 6.45) is 1.83. The number of nitriles is 1. The highest BCUT2D eigenvalue weighted by Crippen LogP contribution is 2.10. The molecule has 1 saturated heterocycles. The Morgan fingerprint density at radius 1 is 1.33 bits per heavy atom. The number of nitrogens with one attached hydrogen (secondary N) is 1. The number of hydrogen-bond acceptors (Lipinski definition) is 3. The van der Waals surface area contributed by atoms with Crippen molar-refractivity contribution in [1.82, 2.24) is 10.2 Å². The molecule has 0 unspecified atom stereocenters. The van der Waals surface area contributed by atoms with Gasteiger partial charge >= 0.3 is 0 Å². The van der Waals surface area contributed by atoms with Gasteiger partial charge in [0.25, 0.3) is 5.91 Å². The number of benzene rings is 1. The second-order valence-electron chi connectivity index (χ2n) is 4.55. The minimum absolute atomic E-state index is 0.00525. The standard InChI is InChI=1S/C14H17N3O/c15-8-11-17-9-6-13(7-10-17)16-14(18)12-4-2-1-3-5-12/h1-5,13H,6-7,9-11H2,(H,16,18). The molecule has 1 aliphatic heterocycles. The summed E-state index contributed by atoms with van der Waals surface area (Å²) < 4.78 is 0. The van der Waals surface area contributed by atoms with Gasteiger partial charge in [-0.25, -0.2) is 0 Å². The Kier molecular flexibility index (Phi) is 4.32. The maximum atomic E-state index is 11.9. The summed E-state index contributed by atoms with van der Waals surface area (Å²) in [5, 5.41) is 11.7. The Labute approximate surface area is 107 Å². The van der Waals surface area contributed by atoms with Crippen LogP contribution in [0.3, 0.4) is 0 Å². The molecule has 94 valence electrons. The van der Waals surface area contributed by atoms with E-state index in [4.69, 9.17) is 5.26 Å². The summed E-state index contributed by atoms with van der Waals surface area (Å²) in [7, 11) is 0. The van der Waals surface area contributed by atoms with Crippen LogP contribution in [0.25, 0.3) is 0 Å². The van der Waals surface area contributed by atoms with Gasteiger partial charge in [-0.05, 0) is 25.0 Å². The van der Waals surface area contributed by atoms with E-state index in [9.17, 15) is 4.79 Å². The molecule has 1 aromatic carbocycles. The molecule has 1 amide bonds. The molecule has 0 bridgehead atoms. The molecule has 0 spiro atoms. The number of likely N-dealkylation sites (tertiary alicyclic amines) is 1. The van der Waals surface area contributed by atoms with Crippen molar-refractivity contribution in [3.05, 3.63) is 35.9 Å². The lowest BCUT2D eigenvalue weighted by Crippen LogP contribution is -2.44. The number of nitrogens with zero attached hydrogens (tertiary/aromatic N) is 2. The van der Waals surface area contributed by atoms with Gasteiger partial charge in [0, 0.05) is 24.7 Å². The fourth-order valence-corrected chi connectivity index (χ4v) is 2.19. The molecule has 2 rings (SSSR count). The summed E-state index contributed by atoms with van der Waals surface area (Å²) in [5.74, 6) is -0.00525. The van der Waals surface area contributed by atoms with Crippen LogP contribution >= 0.6 is 0 Å². The molecule has 1 N–H and O–H groups in total. The van der Waals surface area contributed by atoms with Crippen LogP contribution in [0.1, 0.15) is 23.2 Å². The van der Waals surface area contributed by atoms with Crippen molar-refractivity contribution in [1.29, 1.82) is 5.26 Å². The molecule has 1 heterocycles. The molecule has 18 heavy (non-hydrogen) atoms. The zero-order chi connectivity index (χ0) is 12.8. The first-order valence-corrected chi connectivity index (χ1v) is 6.25. The van der Waals surface area contributed by atoms with Crippen LogP contribution in [-0.2, 0) is 0 Å². The zero-order valence-electron chi connectivity index (χ0n) is 10.3. The van der Waals surface area contributed by atoms with E-state index in [0.717, 1.165) is 25.9 Å². The molecular formula is C14H17N3O. The van der Waals surface area contributed by atoms with Crippen molar-refractivity contribution in [2.75, 3.05) is 19.6 Å². The van der Waals surface area contributed by atoms with Gasteiger partial charge in [-0.15, -0.1) is 0 Å². The number of piperidine rings is 1. The summed E-state index contributed by atoms with van der Waals surface area (Å²) in [6.45, 7) is 2.25. The summed E-state index contributed by atoms with van der Waals surface area (Å²) in [5.41, 5.74) is 0.706. The van der Waals surface area contributed by atoms with E-state index in [-0.39, 0.29) is 11.9 Å². The van der Waals surface area contributed by atoms with Crippen LogP contribution in [0.4, 0.5) is 0 Å². The Hall–Kier alpha value is -1.86. The first-order valence-electron chi connectivity index (χ1n) is 6.25. The van der Waals surface area contributed by atoms with E-state index >= 15 is 0 Å². The Morgan fingerprint density at radius 2 is 2.00 bits per heavy atom. The molecule has 4 heteroatoms. The Morgan fingerprint density at radius 3 is 2.61 bits per heavy atom. The Balaban J connectivity index is 1.82. The highest BCUT2D eigenvalue weighted by molar-refractivity contribution is 5.94. The molecule has 1 aromatic rings. The first-order chi connectivity index (χ1) is 8.79. The van der Waals surface area contributed by atoms with E-state index in [1.54, 1.807) is 0 Å². The Bertz CT molecular complexity index is 430. The average Bonchev–Trinajstić information content (AvgIpc) is 2.42. The van der Waals surface area contributed by atoms with E-state index < -0.39 is 0 Å². The SMILES string of the molecule is N#CCN1CCC(NC(=O)c2ccccc2)CC1. The van der Waals surface area contributed by atoms with E-state index in [1.807, 2.05) is 30.3 Å². The van der Waals surface area contributed by atoms with Gasteiger partial charge in [-0.3, -0.25) is 9.69 Å². The van der Waals surface area contributed by atoms with Crippen molar-refractivity contribution in [3.8, 4) is 6.07 Å². The number of carbonyl (C=O) groups is 1. The van der Waals surface area contributed by atoms with E-state index in [2.05, 4.69) is 16.3 Å². The molecule has 0 aromatic heterocycles. The lowest BCUT2D eigenvalue weighted by atomic mass is 10.0. The predicted molar refractivity (Wildman–Crippen MR) is 69.0 cm³/mol. The van der Waals surface area contributed by atoms with E-state index in [0.29, 0.717) is 12.1 Å². The predicted octanol–water partition coefficient (Wildman–Crippen LogP) is 1.40. The second-order valence-corrected chi connectivity index (χ2v) is 4.55. The van der Waals surface area contributed by atoms with Crippen LogP contribution < -0.4 is 5.32 Å². The average molecular weight is 243 g/mol. The van der Waals surface area contributed by atoms with Crippen molar-refractivity contribution in [2.24, 2.45) is 0 Å². The zero-order valence-corrected chi connectivity index (χ0v) is 10.3. The number of hydrogen-bond donors (Lipinski definition) is 1. The molecular weight excluding hydrogens is 226 g/mol. The molecule has 0 atom stereocenters. The van der Waals surface area contributed by atoms with Crippen LogP contribution in [0.2, 0.25) is 0 Å². The summed E-state index contributed by atoms with van der Waals surface area (Å²) >= 11 is 0. The number of carbonyl (C=O) groups excluding carboxylic acids is 1. The highest BCUT2D eigenvalue weighted by atomic mass is 16.1. The topological polar surface area (TPSA) is 56.1 Å². The van der Waals surface area contributed by atoms with Crippen LogP contribution in [0, 0.1) is 11.3 Å². The molecule has 0 aliphatic carbocycles. The van der Waals surface area contributed by atoms with Gasteiger partial charge < -0.3 is 5.32 Å². The van der Waals surface area contributed by atoms with Crippen LogP contribution in [0.5, 0.6) is 0 Å². The molecule has 0 saturated carbocycles. The monoisotopic (exact) mass is 243 g/mol. The van der Waals surface area contributed by atoms with Crippen molar-refractivity contribution in [3.63, 3.8) is 0 Å². The normalized spacial score (nSPS) is 17.1. The molecule has 4 nitrogen and oxygen atoms in total. The van der Waals surface area contributed by atoms with Gasteiger partial charge in [0.2, 0.25) is 0 Å². The van der Waals surface area contributed by atoms with Gasteiger partial charge in [0.05, 0.1) is 12.6 Å². The fraction of sp³-hybridized carbons (Fsp3) is 0.429. The molecule has 1 fully saturated rings. The first kappa shape index (κ1) is 12.6. The summed E-state index contributed by atoms with van der Waals surface area (Å²) in [4.78, 5) is 14.1. The van der Waals surface area contributed by atoms with Gasteiger partial charge in [0.1, 0.15) is 0 Å². The second kappa shape index (κ2) is 6.18. The molecule has 1 aliphatic rings. The minimum Gasteiger partial charge on any atom is -0.349 e. The third-order valence-corrected chi connectivity index (χ3v) is 3.25. The maximum absolute atomic E-state index is 11.9. The lowest BCUT2D eigenvalue weighted by molar-refractivity contribution is 0.0914. The van der Waals surface area contributed by atoms with Crippen molar-refractivity contribution < 1.29 is 4.79 Å². The van der Waals surface area contributed by atoms with Crippen LogP contribution in [-0.4, -0.2) is 36.5 Å². The van der Waals surface area contributed by atoms with E-state index in [1.165, 1.54) is 0 Å². The minimum atomic E-state index is -0.00525. The maximum Gasteiger partial charge on any atom is 0.251 e. The van der Waals surface area contributed by atoms with Crippen LogP contribution in [0.15, 0.2) is 30.3 Å². The smallest absolute Gasteiger partial charge is 0.251 e. The van der Waals surface area contributed by atoms with Crippen molar-refractivity contribution >= 4 is 5.91 Å². The van der Waals surface area contributed by atoms with Crippen molar-refractivity contribution in [2.45, 2.75) is 18.9 Å². The van der Waals surface area contributed by atoms with Gasteiger partial charge in [-0.2, -0.15) is 5.26 Å². The fourth-order valence-electron chi connectivity index (χ4n) is 2.19. The quantitative estimate of drug-likeness (QED) is 0.816. The highest BCUT2D eigenvalue weighted by Gasteiger charge is 2.20. The van der Waals surface area contributed by atoms with Gasteiger partial charge in [0.15, 0.2) is 0 Å². The number of rotatable bonds is 3.